The molecule has 0 saturated carbocycles. The third-order valence-electron chi connectivity index (χ3n) is 1.93. The van der Waals surface area contributed by atoms with Gasteiger partial charge in [0, 0.05) is 11.3 Å². The molecule has 0 aliphatic carbocycles. The third-order valence-corrected chi connectivity index (χ3v) is 4.13. The van der Waals surface area contributed by atoms with Crippen molar-refractivity contribution in [2.24, 2.45) is 0 Å². The largest absolute Gasteiger partial charge is 0.477 e. The van der Waals surface area contributed by atoms with Crippen LogP contribution >= 0.6 is 23.1 Å². The Hall–Kier alpha value is -0.750. The highest BCUT2D eigenvalue weighted by molar-refractivity contribution is 7.99. The van der Waals surface area contributed by atoms with Gasteiger partial charge in [-0.25, -0.2) is 9.78 Å². The standard InChI is InChI=1S/C9H14N2O2S2/c1-9(2,14-3)5-11-8-10-4-6(15-8)7(12)13/h4H,5H2,1-3H3,(H,10,11)(H,12,13). The van der Waals surface area contributed by atoms with Crippen molar-refractivity contribution >= 4 is 34.2 Å². The molecule has 1 aromatic rings. The van der Waals surface area contributed by atoms with E-state index in [9.17, 15) is 4.79 Å². The predicted molar refractivity (Wildman–Crippen MR) is 65.2 cm³/mol. The van der Waals surface area contributed by atoms with E-state index < -0.39 is 5.97 Å². The van der Waals surface area contributed by atoms with Crippen molar-refractivity contribution in [3.63, 3.8) is 0 Å². The maximum absolute atomic E-state index is 10.6. The molecule has 0 spiro atoms. The molecule has 1 rings (SSSR count). The van der Waals surface area contributed by atoms with Gasteiger partial charge in [-0.3, -0.25) is 0 Å². The highest BCUT2D eigenvalue weighted by Gasteiger charge is 2.16. The first-order valence-corrected chi connectivity index (χ1v) is 6.47. The topological polar surface area (TPSA) is 62.2 Å². The van der Waals surface area contributed by atoms with Crippen LogP contribution in [0.5, 0.6) is 0 Å². The number of nitrogens with zero attached hydrogens (tertiary/aromatic N) is 1. The van der Waals surface area contributed by atoms with Crippen LogP contribution in [0.1, 0.15) is 23.5 Å². The average Bonchev–Trinajstić information content (AvgIpc) is 2.63. The van der Waals surface area contributed by atoms with Crippen molar-refractivity contribution in [1.29, 1.82) is 0 Å². The van der Waals surface area contributed by atoms with Crippen molar-refractivity contribution < 1.29 is 9.90 Å². The fraction of sp³-hybridized carbons (Fsp3) is 0.556. The van der Waals surface area contributed by atoms with Gasteiger partial charge in [-0.2, -0.15) is 11.8 Å². The van der Waals surface area contributed by atoms with Crippen molar-refractivity contribution in [2.45, 2.75) is 18.6 Å². The summed E-state index contributed by atoms with van der Waals surface area (Å²) < 4.78 is 0.120. The Balaban J connectivity index is 2.55. The number of thioether (sulfide) groups is 1. The molecule has 6 heteroatoms. The third kappa shape index (κ3) is 3.71. The molecule has 0 radical (unpaired) electrons. The minimum atomic E-state index is -0.926. The van der Waals surface area contributed by atoms with Crippen molar-refractivity contribution in [3.05, 3.63) is 11.1 Å². The van der Waals surface area contributed by atoms with E-state index in [2.05, 4.69) is 24.1 Å². The highest BCUT2D eigenvalue weighted by atomic mass is 32.2. The molecule has 0 aromatic carbocycles. The fourth-order valence-electron chi connectivity index (χ4n) is 0.815. The Morgan fingerprint density at radius 1 is 1.73 bits per heavy atom. The molecule has 0 atom stereocenters. The van der Waals surface area contributed by atoms with Gasteiger partial charge in [-0.15, -0.1) is 0 Å². The lowest BCUT2D eigenvalue weighted by Crippen LogP contribution is -2.25. The monoisotopic (exact) mass is 246 g/mol. The van der Waals surface area contributed by atoms with E-state index in [1.165, 1.54) is 6.20 Å². The number of thiazole rings is 1. The van der Waals surface area contributed by atoms with Gasteiger partial charge in [-0.05, 0) is 20.1 Å². The fourth-order valence-corrected chi connectivity index (χ4v) is 1.68. The number of nitrogens with one attached hydrogen (secondary N) is 1. The number of hydrogen-bond donors (Lipinski definition) is 2. The molecular weight excluding hydrogens is 232 g/mol. The number of rotatable bonds is 5. The zero-order valence-corrected chi connectivity index (χ0v) is 10.5. The van der Waals surface area contributed by atoms with E-state index in [4.69, 9.17) is 5.11 Å². The number of aromatic carboxylic acids is 1. The molecule has 15 heavy (non-hydrogen) atoms. The number of carboxylic acid groups (broad SMARTS) is 1. The second kappa shape index (κ2) is 4.85. The predicted octanol–water partition coefficient (Wildman–Crippen LogP) is 2.39. The zero-order chi connectivity index (χ0) is 11.5. The lowest BCUT2D eigenvalue weighted by molar-refractivity contribution is 0.0702. The maximum atomic E-state index is 10.6. The summed E-state index contributed by atoms with van der Waals surface area (Å²) in [6, 6.07) is 0. The molecular formula is C9H14N2O2S2. The van der Waals surface area contributed by atoms with Crippen LogP contribution in [0.25, 0.3) is 0 Å². The molecule has 1 heterocycles. The minimum Gasteiger partial charge on any atom is -0.477 e. The van der Waals surface area contributed by atoms with Crippen molar-refractivity contribution in [1.82, 2.24) is 4.98 Å². The first kappa shape index (κ1) is 12.3. The number of hydrogen-bond acceptors (Lipinski definition) is 5. The van der Waals surface area contributed by atoms with Crippen LogP contribution in [0, 0.1) is 0 Å². The van der Waals surface area contributed by atoms with Crippen LogP contribution in [-0.4, -0.2) is 33.6 Å². The molecule has 2 N–H and O–H groups in total. The molecule has 0 aliphatic heterocycles. The normalized spacial score (nSPS) is 11.4. The lowest BCUT2D eigenvalue weighted by atomic mass is 10.2. The van der Waals surface area contributed by atoms with Crippen molar-refractivity contribution in [3.8, 4) is 0 Å². The second-order valence-corrected chi connectivity index (χ2v) is 6.20. The molecule has 0 fully saturated rings. The SMILES string of the molecule is CSC(C)(C)CNc1ncc(C(=O)O)s1. The second-order valence-electron chi connectivity index (χ2n) is 3.65. The lowest BCUT2D eigenvalue weighted by Gasteiger charge is -2.21. The van der Waals surface area contributed by atoms with Gasteiger partial charge in [-0.1, -0.05) is 11.3 Å². The minimum absolute atomic E-state index is 0.120. The van der Waals surface area contributed by atoms with E-state index in [0.29, 0.717) is 5.13 Å². The van der Waals surface area contributed by atoms with Crippen LogP contribution in [0.3, 0.4) is 0 Å². The first-order chi connectivity index (χ1) is 6.94. The Kier molecular flexibility index (Phi) is 3.98. The van der Waals surface area contributed by atoms with Gasteiger partial charge in [0.25, 0.3) is 0 Å². The zero-order valence-electron chi connectivity index (χ0n) is 8.90. The number of aromatic nitrogens is 1. The van der Waals surface area contributed by atoms with Crippen LogP contribution in [0.4, 0.5) is 5.13 Å². The molecule has 0 saturated heterocycles. The van der Waals surface area contributed by atoms with Gasteiger partial charge in [0.2, 0.25) is 0 Å². The summed E-state index contributed by atoms with van der Waals surface area (Å²) in [6.07, 6.45) is 3.42. The van der Waals surface area contributed by atoms with Gasteiger partial charge < -0.3 is 10.4 Å². The first-order valence-electron chi connectivity index (χ1n) is 4.43. The van der Waals surface area contributed by atoms with Gasteiger partial charge in [0.1, 0.15) is 4.88 Å². The molecule has 0 bridgehead atoms. The molecule has 0 amide bonds. The van der Waals surface area contributed by atoms with Crippen LogP contribution in [0.15, 0.2) is 6.20 Å². The number of anilines is 1. The molecule has 4 nitrogen and oxygen atoms in total. The van der Waals surface area contributed by atoms with E-state index in [0.717, 1.165) is 17.9 Å². The van der Waals surface area contributed by atoms with E-state index in [-0.39, 0.29) is 9.62 Å². The Labute approximate surface area is 97.1 Å². The Morgan fingerprint density at radius 3 is 2.87 bits per heavy atom. The summed E-state index contributed by atoms with van der Waals surface area (Å²) in [5.74, 6) is -0.926. The smallest absolute Gasteiger partial charge is 0.347 e. The maximum Gasteiger partial charge on any atom is 0.347 e. The van der Waals surface area contributed by atoms with Crippen LogP contribution in [-0.2, 0) is 0 Å². The molecule has 0 aliphatic rings. The van der Waals surface area contributed by atoms with E-state index in [1.54, 1.807) is 11.8 Å². The Bertz CT molecular complexity index is 350. The van der Waals surface area contributed by atoms with Gasteiger partial charge in [0.05, 0.1) is 6.20 Å². The Morgan fingerprint density at radius 2 is 2.40 bits per heavy atom. The van der Waals surface area contributed by atoms with Crippen LogP contribution in [0.2, 0.25) is 0 Å². The number of carbonyl (C=O) groups is 1. The van der Waals surface area contributed by atoms with E-state index in [1.807, 2.05) is 6.26 Å². The van der Waals surface area contributed by atoms with Crippen molar-refractivity contribution in [2.75, 3.05) is 18.1 Å². The molecule has 0 unspecified atom stereocenters. The summed E-state index contributed by atoms with van der Waals surface area (Å²) >= 11 is 2.92. The molecule has 1 aromatic heterocycles. The summed E-state index contributed by atoms with van der Waals surface area (Å²) in [6.45, 7) is 5.01. The average molecular weight is 246 g/mol. The van der Waals surface area contributed by atoms with Crippen LogP contribution < -0.4 is 5.32 Å². The number of carboxylic acids is 1. The summed E-state index contributed by atoms with van der Waals surface area (Å²) in [4.78, 5) is 14.9. The van der Waals surface area contributed by atoms with Gasteiger partial charge >= 0.3 is 5.97 Å². The summed E-state index contributed by atoms with van der Waals surface area (Å²) in [7, 11) is 0. The summed E-state index contributed by atoms with van der Waals surface area (Å²) in [5.41, 5.74) is 0. The molecule has 84 valence electrons. The summed E-state index contributed by atoms with van der Waals surface area (Å²) in [5, 5.41) is 12.5. The highest BCUT2D eigenvalue weighted by Crippen LogP contribution is 2.23. The quantitative estimate of drug-likeness (QED) is 0.835. The van der Waals surface area contributed by atoms with Gasteiger partial charge in [0.15, 0.2) is 5.13 Å². The van der Waals surface area contributed by atoms with E-state index >= 15 is 0 Å².